The molecule has 8 heteroatoms. The molecule has 2 aromatic carbocycles. The zero-order valence-electron chi connectivity index (χ0n) is 18.8. The summed E-state index contributed by atoms with van der Waals surface area (Å²) in [4.78, 5) is 32.1. The fourth-order valence-electron chi connectivity index (χ4n) is 5.27. The number of imide groups is 1. The van der Waals surface area contributed by atoms with Crippen molar-refractivity contribution in [3.8, 4) is 5.75 Å². The summed E-state index contributed by atoms with van der Waals surface area (Å²) in [5.41, 5.74) is 2.19. The first-order valence-corrected chi connectivity index (χ1v) is 11.6. The number of nitrogens with one attached hydrogen (secondary N) is 1. The highest BCUT2D eigenvalue weighted by Gasteiger charge is 2.49. The van der Waals surface area contributed by atoms with E-state index in [9.17, 15) is 9.59 Å². The number of methoxy groups -OCH3 is 1. The van der Waals surface area contributed by atoms with Gasteiger partial charge in [0.15, 0.2) is 0 Å². The monoisotopic (exact) mass is 455 g/mol. The summed E-state index contributed by atoms with van der Waals surface area (Å²) in [6, 6.07) is 18.0. The third kappa shape index (κ3) is 3.29. The van der Waals surface area contributed by atoms with Crippen LogP contribution in [0.4, 0.5) is 11.9 Å². The predicted octanol–water partition coefficient (Wildman–Crippen LogP) is 3.89. The van der Waals surface area contributed by atoms with Gasteiger partial charge in [-0.2, -0.15) is 4.98 Å². The van der Waals surface area contributed by atoms with Crippen molar-refractivity contribution in [2.75, 3.05) is 17.3 Å². The first-order valence-electron chi connectivity index (χ1n) is 11.6. The first-order chi connectivity index (χ1) is 16.6. The van der Waals surface area contributed by atoms with Crippen LogP contribution in [0.3, 0.4) is 0 Å². The number of fused-ring (bicyclic) bond motifs is 2. The van der Waals surface area contributed by atoms with E-state index in [0.29, 0.717) is 18.8 Å². The molecule has 2 amide bonds. The van der Waals surface area contributed by atoms with Gasteiger partial charge in [-0.1, -0.05) is 54.6 Å². The van der Waals surface area contributed by atoms with Crippen LogP contribution in [0.5, 0.6) is 5.75 Å². The Kier molecular flexibility index (Phi) is 4.94. The van der Waals surface area contributed by atoms with Crippen LogP contribution in [0, 0.1) is 11.8 Å². The number of hydrogen-bond donors (Lipinski definition) is 1. The van der Waals surface area contributed by atoms with Crippen LogP contribution in [0.15, 0.2) is 66.7 Å². The van der Waals surface area contributed by atoms with Gasteiger partial charge >= 0.3 is 0 Å². The van der Waals surface area contributed by atoms with Crippen molar-refractivity contribution >= 4 is 23.7 Å². The fourth-order valence-corrected chi connectivity index (χ4v) is 5.27. The molecule has 0 unspecified atom stereocenters. The molecule has 0 radical (unpaired) electrons. The van der Waals surface area contributed by atoms with Crippen molar-refractivity contribution < 1.29 is 14.3 Å². The van der Waals surface area contributed by atoms with Crippen molar-refractivity contribution in [2.45, 2.75) is 31.3 Å². The highest BCUT2D eigenvalue weighted by Crippen LogP contribution is 2.41. The zero-order chi connectivity index (χ0) is 23.2. The molecule has 3 heterocycles. The second-order valence-corrected chi connectivity index (χ2v) is 8.98. The van der Waals surface area contributed by atoms with E-state index >= 15 is 0 Å². The van der Waals surface area contributed by atoms with E-state index in [4.69, 9.17) is 9.84 Å². The van der Waals surface area contributed by atoms with Crippen molar-refractivity contribution in [2.24, 2.45) is 11.8 Å². The smallest absolute Gasteiger partial charge is 0.260 e. The van der Waals surface area contributed by atoms with Crippen LogP contribution in [-0.4, -0.2) is 33.7 Å². The number of allylic oxidation sites excluding steroid dienone is 2. The van der Waals surface area contributed by atoms with Gasteiger partial charge in [0.05, 0.1) is 31.0 Å². The molecule has 1 aliphatic carbocycles. The molecule has 0 saturated carbocycles. The Morgan fingerprint density at radius 1 is 0.912 bits per heavy atom. The molecule has 1 saturated heterocycles. The number of anilines is 2. The van der Waals surface area contributed by atoms with Crippen molar-refractivity contribution in [3.63, 3.8) is 0 Å². The summed E-state index contributed by atoms with van der Waals surface area (Å²) < 4.78 is 7.13. The Bertz CT molecular complexity index is 1240. The number of aromatic nitrogens is 3. The summed E-state index contributed by atoms with van der Waals surface area (Å²) in [7, 11) is 1.64. The van der Waals surface area contributed by atoms with E-state index in [2.05, 4.69) is 22.4 Å². The predicted molar refractivity (Wildman–Crippen MR) is 126 cm³/mol. The molecule has 0 spiro atoms. The van der Waals surface area contributed by atoms with E-state index in [1.54, 1.807) is 11.8 Å². The third-order valence-corrected chi connectivity index (χ3v) is 7.09. The number of rotatable bonds is 4. The average molecular weight is 456 g/mol. The normalized spacial score (nSPS) is 25.6. The number of nitrogens with zero attached hydrogens (tertiary/aromatic N) is 4. The van der Waals surface area contributed by atoms with Crippen LogP contribution in [0.2, 0.25) is 0 Å². The molecule has 2 aliphatic heterocycles. The minimum Gasteiger partial charge on any atom is -0.497 e. The van der Waals surface area contributed by atoms with E-state index in [-0.39, 0.29) is 41.7 Å². The van der Waals surface area contributed by atoms with Crippen molar-refractivity contribution in [3.05, 3.63) is 77.9 Å². The van der Waals surface area contributed by atoms with Crippen LogP contribution < -0.4 is 15.0 Å². The van der Waals surface area contributed by atoms with Crippen molar-refractivity contribution in [1.29, 1.82) is 0 Å². The molecule has 1 N–H and O–H groups in total. The fraction of sp³-hybridized carbons (Fsp3) is 0.308. The number of ether oxygens (including phenoxy) is 1. The first kappa shape index (κ1) is 20.7. The summed E-state index contributed by atoms with van der Waals surface area (Å²) in [5.74, 6) is 0.427. The van der Waals surface area contributed by atoms with Gasteiger partial charge in [-0.15, -0.1) is 5.10 Å². The van der Waals surface area contributed by atoms with Gasteiger partial charge in [0.1, 0.15) is 5.75 Å². The van der Waals surface area contributed by atoms with Gasteiger partial charge in [0.25, 0.3) is 5.95 Å². The van der Waals surface area contributed by atoms with Gasteiger partial charge in [-0.05, 0) is 42.5 Å². The molecule has 8 nitrogen and oxygen atoms in total. The largest absolute Gasteiger partial charge is 0.497 e. The summed E-state index contributed by atoms with van der Waals surface area (Å²) >= 11 is 0. The molecule has 3 aromatic rings. The molecule has 34 heavy (non-hydrogen) atoms. The second kappa shape index (κ2) is 8.13. The molecule has 1 fully saturated rings. The summed E-state index contributed by atoms with van der Waals surface area (Å²) in [6.45, 7) is 0. The third-order valence-electron chi connectivity index (χ3n) is 7.09. The van der Waals surface area contributed by atoms with Gasteiger partial charge in [-0.25, -0.2) is 9.58 Å². The van der Waals surface area contributed by atoms with E-state index in [0.717, 1.165) is 23.3 Å². The Hall–Kier alpha value is -3.94. The molecule has 4 atom stereocenters. The Morgan fingerprint density at radius 3 is 2.24 bits per heavy atom. The van der Waals surface area contributed by atoms with Gasteiger partial charge in [0, 0.05) is 0 Å². The number of amides is 2. The maximum absolute atomic E-state index is 13.1. The van der Waals surface area contributed by atoms with E-state index in [1.165, 1.54) is 4.90 Å². The molecular formula is C26H25N5O3. The van der Waals surface area contributed by atoms with E-state index in [1.807, 2.05) is 54.6 Å². The van der Waals surface area contributed by atoms with Crippen LogP contribution in [0.25, 0.3) is 0 Å². The zero-order valence-corrected chi connectivity index (χ0v) is 18.8. The summed E-state index contributed by atoms with van der Waals surface area (Å²) in [5, 5.41) is 8.17. The maximum Gasteiger partial charge on any atom is 0.260 e. The number of carbonyl (C=O) groups excluding carboxylic acids is 2. The van der Waals surface area contributed by atoms with Gasteiger partial charge in [-0.3, -0.25) is 9.59 Å². The standard InChI is InChI=1S/C26H25N5O3/c1-34-18-13-11-17(12-14-18)22-15-21(16-7-3-2-4-8-16)27-25-28-26(29-31(22)25)30-23(32)19-9-5-6-10-20(19)24(30)33/h2-8,11-14,19-22H,9-10,15H2,1H3,(H,27,28,29)/t19-,20-,21-,22+/m0/s1. The quantitative estimate of drug-likeness (QED) is 0.474. The van der Waals surface area contributed by atoms with E-state index < -0.39 is 0 Å². The summed E-state index contributed by atoms with van der Waals surface area (Å²) in [6.07, 6.45) is 5.87. The van der Waals surface area contributed by atoms with Crippen LogP contribution >= 0.6 is 0 Å². The number of benzene rings is 2. The van der Waals surface area contributed by atoms with Crippen LogP contribution in [0.1, 0.15) is 42.5 Å². The van der Waals surface area contributed by atoms with Gasteiger partial charge in [0.2, 0.25) is 17.8 Å². The molecular weight excluding hydrogens is 430 g/mol. The molecule has 1 aromatic heterocycles. The minimum absolute atomic E-state index is 0.00890. The van der Waals surface area contributed by atoms with Crippen LogP contribution in [-0.2, 0) is 9.59 Å². The Morgan fingerprint density at radius 2 is 1.59 bits per heavy atom. The lowest BCUT2D eigenvalue weighted by Crippen LogP contribution is -2.32. The minimum atomic E-state index is -0.319. The Balaban J connectivity index is 1.40. The maximum atomic E-state index is 13.1. The number of carbonyl (C=O) groups is 2. The molecule has 0 bridgehead atoms. The molecule has 3 aliphatic rings. The lowest BCUT2D eigenvalue weighted by atomic mass is 9.85. The highest BCUT2D eigenvalue weighted by molar-refractivity contribution is 6.21. The number of hydrogen-bond acceptors (Lipinski definition) is 6. The second-order valence-electron chi connectivity index (χ2n) is 8.98. The highest BCUT2D eigenvalue weighted by atomic mass is 16.5. The lowest BCUT2D eigenvalue weighted by Gasteiger charge is -2.31. The molecule has 172 valence electrons. The Labute approximate surface area is 197 Å². The van der Waals surface area contributed by atoms with Gasteiger partial charge < -0.3 is 10.1 Å². The molecule has 6 rings (SSSR count). The average Bonchev–Trinajstić information content (AvgIpc) is 3.42. The topological polar surface area (TPSA) is 89.3 Å². The lowest BCUT2D eigenvalue weighted by molar-refractivity contribution is -0.122. The van der Waals surface area contributed by atoms with Crippen molar-refractivity contribution in [1.82, 2.24) is 14.8 Å². The SMILES string of the molecule is COc1ccc([C@H]2C[C@@H](c3ccccc3)Nc3nc(N4C(=O)[C@H]5CC=CC[C@@H]5C4=O)nn32)cc1.